The van der Waals surface area contributed by atoms with Gasteiger partial charge >= 0.3 is 0 Å². The lowest BCUT2D eigenvalue weighted by molar-refractivity contribution is -0.132. The molecule has 0 spiro atoms. The van der Waals surface area contributed by atoms with Crippen molar-refractivity contribution in [2.75, 3.05) is 18.4 Å². The third-order valence-electron chi connectivity index (χ3n) is 4.14. The van der Waals surface area contributed by atoms with E-state index in [0.29, 0.717) is 18.5 Å². The maximum Gasteiger partial charge on any atom is 0.242 e. The van der Waals surface area contributed by atoms with Crippen LogP contribution >= 0.6 is 0 Å². The number of nitrogens with one attached hydrogen (secondary N) is 1. The quantitative estimate of drug-likeness (QED) is 0.909. The Morgan fingerprint density at radius 1 is 1.35 bits per heavy atom. The summed E-state index contributed by atoms with van der Waals surface area (Å²) in [6.45, 7) is 7.81. The monoisotopic (exact) mass is 274 g/mol. The van der Waals surface area contributed by atoms with Crippen molar-refractivity contribution in [2.45, 2.75) is 52.0 Å². The Balaban J connectivity index is 1.96. The van der Waals surface area contributed by atoms with E-state index in [1.54, 1.807) is 0 Å². The van der Waals surface area contributed by atoms with Crippen molar-refractivity contribution in [3.05, 3.63) is 29.8 Å². The van der Waals surface area contributed by atoms with Gasteiger partial charge in [-0.05, 0) is 43.7 Å². The Morgan fingerprint density at radius 2 is 2.10 bits per heavy atom. The van der Waals surface area contributed by atoms with Gasteiger partial charge in [-0.3, -0.25) is 4.79 Å². The van der Waals surface area contributed by atoms with E-state index < -0.39 is 0 Å². The van der Waals surface area contributed by atoms with Crippen molar-refractivity contribution in [2.24, 2.45) is 0 Å². The Bertz CT molecular complexity index is 456. The summed E-state index contributed by atoms with van der Waals surface area (Å²) in [6.07, 6.45) is 3.52. The minimum Gasteiger partial charge on any atom is -0.376 e. The molecule has 0 saturated carbocycles. The smallest absolute Gasteiger partial charge is 0.242 e. The van der Waals surface area contributed by atoms with Crippen LogP contribution in [0.15, 0.2) is 24.3 Å². The van der Waals surface area contributed by atoms with Gasteiger partial charge < -0.3 is 10.2 Å². The third-order valence-corrected chi connectivity index (χ3v) is 4.14. The van der Waals surface area contributed by atoms with E-state index in [0.717, 1.165) is 25.1 Å². The van der Waals surface area contributed by atoms with E-state index in [-0.39, 0.29) is 5.91 Å². The van der Waals surface area contributed by atoms with Crippen molar-refractivity contribution in [1.29, 1.82) is 0 Å². The highest BCUT2D eigenvalue weighted by molar-refractivity contribution is 5.81. The fraction of sp³-hybridized carbons (Fsp3) is 0.588. The molecule has 0 aliphatic carbocycles. The van der Waals surface area contributed by atoms with Gasteiger partial charge in [-0.15, -0.1) is 0 Å². The number of hydrogen-bond donors (Lipinski definition) is 1. The molecule has 3 heteroatoms. The number of benzene rings is 1. The van der Waals surface area contributed by atoms with Crippen molar-refractivity contribution >= 4 is 11.6 Å². The molecule has 0 radical (unpaired) electrons. The van der Waals surface area contributed by atoms with Crippen LogP contribution in [0.5, 0.6) is 0 Å². The maximum absolute atomic E-state index is 12.3. The van der Waals surface area contributed by atoms with Crippen LogP contribution < -0.4 is 5.32 Å². The Hall–Kier alpha value is -1.51. The lowest BCUT2D eigenvalue weighted by Gasteiger charge is -2.33. The predicted molar refractivity (Wildman–Crippen MR) is 84.0 cm³/mol. The number of nitrogens with zero attached hydrogens (tertiary/aromatic N) is 1. The fourth-order valence-corrected chi connectivity index (χ4v) is 2.90. The molecule has 1 aromatic carbocycles. The fourth-order valence-electron chi connectivity index (χ4n) is 2.90. The zero-order valence-corrected chi connectivity index (χ0v) is 12.9. The van der Waals surface area contributed by atoms with Gasteiger partial charge in [-0.2, -0.15) is 0 Å². The second-order valence-corrected chi connectivity index (χ2v) is 6.03. The summed E-state index contributed by atoms with van der Waals surface area (Å²) in [5.41, 5.74) is 2.35. The molecule has 0 aromatic heterocycles. The summed E-state index contributed by atoms with van der Waals surface area (Å²) in [6, 6.07) is 8.64. The van der Waals surface area contributed by atoms with Crippen LogP contribution in [0.3, 0.4) is 0 Å². The van der Waals surface area contributed by atoms with E-state index in [4.69, 9.17) is 0 Å². The lowest BCUT2D eigenvalue weighted by atomic mass is 10.0. The summed E-state index contributed by atoms with van der Waals surface area (Å²) < 4.78 is 0. The molecule has 1 unspecified atom stereocenters. The Kier molecular flexibility index (Phi) is 5.05. The van der Waals surface area contributed by atoms with Crippen molar-refractivity contribution in [3.63, 3.8) is 0 Å². The second-order valence-electron chi connectivity index (χ2n) is 6.03. The molecule has 1 saturated heterocycles. The summed E-state index contributed by atoms with van der Waals surface area (Å²) >= 11 is 0. The van der Waals surface area contributed by atoms with E-state index in [1.165, 1.54) is 12.0 Å². The first-order valence-corrected chi connectivity index (χ1v) is 7.72. The van der Waals surface area contributed by atoms with E-state index in [1.807, 2.05) is 11.0 Å². The normalized spacial score (nSPS) is 19.2. The molecule has 110 valence electrons. The number of para-hydroxylation sites is 1. The predicted octanol–water partition coefficient (Wildman–Crippen LogP) is 3.62. The standard InChI is InChI=1S/C17H26N2O/c1-13(2)15-9-4-5-10-16(15)18-12-17(20)19-11-7-6-8-14(19)3/h4-5,9-10,13-14,18H,6-8,11-12H2,1-3H3. The van der Waals surface area contributed by atoms with Gasteiger partial charge in [-0.25, -0.2) is 0 Å². The molecule has 20 heavy (non-hydrogen) atoms. The van der Waals surface area contributed by atoms with Crippen LogP contribution in [0, 0.1) is 0 Å². The number of anilines is 1. The molecular weight excluding hydrogens is 248 g/mol. The first kappa shape index (κ1) is 14.9. The summed E-state index contributed by atoms with van der Waals surface area (Å²) in [5.74, 6) is 0.679. The van der Waals surface area contributed by atoms with Crippen LogP contribution in [-0.2, 0) is 4.79 Å². The molecule has 2 rings (SSSR count). The van der Waals surface area contributed by atoms with Gasteiger partial charge in [-0.1, -0.05) is 32.0 Å². The van der Waals surface area contributed by atoms with Gasteiger partial charge in [0.25, 0.3) is 0 Å². The molecule has 1 aliphatic rings. The number of carbonyl (C=O) groups excluding carboxylic acids is 1. The van der Waals surface area contributed by atoms with Crippen LogP contribution in [0.4, 0.5) is 5.69 Å². The van der Waals surface area contributed by atoms with Gasteiger partial charge in [0.1, 0.15) is 0 Å². The maximum atomic E-state index is 12.3. The Labute approximate surface area is 122 Å². The number of rotatable bonds is 4. The number of likely N-dealkylation sites (tertiary alicyclic amines) is 1. The zero-order chi connectivity index (χ0) is 14.5. The summed E-state index contributed by atoms with van der Waals surface area (Å²) in [5, 5.41) is 3.32. The van der Waals surface area contributed by atoms with Gasteiger partial charge in [0, 0.05) is 18.3 Å². The molecule has 1 amide bonds. The van der Waals surface area contributed by atoms with Crippen molar-refractivity contribution < 1.29 is 4.79 Å². The Morgan fingerprint density at radius 3 is 2.80 bits per heavy atom. The number of amides is 1. The average Bonchev–Trinajstić information content (AvgIpc) is 2.45. The molecule has 1 fully saturated rings. The minimum atomic E-state index is 0.218. The highest BCUT2D eigenvalue weighted by Crippen LogP contribution is 2.23. The number of piperidine rings is 1. The number of hydrogen-bond acceptors (Lipinski definition) is 2. The highest BCUT2D eigenvalue weighted by atomic mass is 16.2. The van der Waals surface area contributed by atoms with Crippen molar-refractivity contribution in [3.8, 4) is 0 Å². The SMILES string of the molecule is CC(C)c1ccccc1NCC(=O)N1CCCCC1C. The van der Waals surface area contributed by atoms with Crippen LogP contribution in [0.2, 0.25) is 0 Å². The molecule has 1 aromatic rings. The van der Waals surface area contributed by atoms with E-state index >= 15 is 0 Å². The third kappa shape index (κ3) is 3.53. The molecule has 0 bridgehead atoms. The summed E-state index contributed by atoms with van der Waals surface area (Å²) in [4.78, 5) is 14.3. The molecular formula is C17H26N2O. The topological polar surface area (TPSA) is 32.3 Å². The molecule has 1 atom stereocenters. The van der Waals surface area contributed by atoms with Crippen LogP contribution in [0.25, 0.3) is 0 Å². The summed E-state index contributed by atoms with van der Waals surface area (Å²) in [7, 11) is 0. The van der Waals surface area contributed by atoms with E-state index in [2.05, 4.69) is 44.3 Å². The minimum absolute atomic E-state index is 0.218. The first-order chi connectivity index (χ1) is 9.59. The second kappa shape index (κ2) is 6.78. The number of carbonyl (C=O) groups is 1. The molecule has 1 aliphatic heterocycles. The van der Waals surface area contributed by atoms with E-state index in [9.17, 15) is 4.79 Å². The van der Waals surface area contributed by atoms with Gasteiger partial charge in [0.15, 0.2) is 0 Å². The zero-order valence-electron chi connectivity index (χ0n) is 12.9. The largest absolute Gasteiger partial charge is 0.376 e. The van der Waals surface area contributed by atoms with Gasteiger partial charge in [0.2, 0.25) is 5.91 Å². The molecule has 1 N–H and O–H groups in total. The van der Waals surface area contributed by atoms with Crippen LogP contribution in [-0.4, -0.2) is 29.9 Å². The average molecular weight is 274 g/mol. The molecule has 3 nitrogen and oxygen atoms in total. The highest BCUT2D eigenvalue weighted by Gasteiger charge is 2.22. The molecule has 1 heterocycles. The van der Waals surface area contributed by atoms with Gasteiger partial charge in [0.05, 0.1) is 6.54 Å². The lowest BCUT2D eigenvalue weighted by Crippen LogP contribution is -2.44. The van der Waals surface area contributed by atoms with Crippen LogP contribution in [0.1, 0.15) is 51.5 Å². The van der Waals surface area contributed by atoms with Crippen molar-refractivity contribution in [1.82, 2.24) is 4.90 Å². The first-order valence-electron chi connectivity index (χ1n) is 7.72.